The Morgan fingerprint density at radius 2 is 1.68 bits per heavy atom. The molecule has 2 saturated heterocycles. The van der Waals surface area contributed by atoms with E-state index >= 15 is 0 Å². The van der Waals surface area contributed by atoms with Gasteiger partial charge in [0, 0.05) is 48.6 Å². The van der Waals surface area contributed by atoms with Gasteiger partial charge in [-0.05, 0) is 66.6 Å². The molecule has 3 aliphatic heterocycles. The molecule has 1 aromatic heterocycles. The fourth-order valence-corrected chi connectivity index (χ4v) is 9.21. The minimum absolute atomic E-state index is 0.00969. The number of hydrogen-bond donors (Lipinski definition) is 1. The van der Waals surface area contributed by atoms with Gasteiger partial charge < -0.3 is 23.7 Å². The number of benzene rings is 2. The number of carbonyl (C=O) groups excluding carboxylic acids is 2. The first kappa shape index (κ1) is 30.9. The first-order valence-electron chi connectivity index (χ1n) is 16.7. The van der Waals surface area contributed by atoms with E-state index in [4.69, 9.17) is 14.2 Å². The third kappa shape index (κ3) is 4.90. The summed E-state index contributed by atoms with van der Waals surface area (Å²) >= 11 is 0. The Morgan fingerprint density at radius 3 is 2.34 bits per heavy atom. The average Bonchev–Trinajstić information content (AvgIpc) is 3.73. The van der Waals surface area contributed by atoms with Crippen LogP contribution in [0.3, 0.4) is 0 Å². The lowest BCUT2D eigenvalue weighted by atomic mass is 9.81. The van der Waals surface area contributed by atoms with Gasteiger partial charge in [0.05, 0.1) is 56.7 Å². The van der Waals surface area contributed by atoms with Crippen LogP contribution in [0.2, 0.25) is 0 Å². The van der Waals surface area contributed by atoms with Crippen molar-refractivity contribution in [3.8, 4) is 17.0 Å². The van der Waals surface area contributed by atoms with Crippen LogP contribution in [-0.4, -0.2) is 93.7 Å². The highest BCUT2D eigenvalue weighted by atomic mass is 32.2. The van der Waals surface area contributed by atoms with E-state index in [2.05, 4.69) is 26.3 Å². The van der Waals surface area contributed by atoms with Crippen LogP contribution < -0.4 is 9.46 Å². The van der Waals surface area contributed by atoms with Gasteiger partial charge in [0.25, 0.3) is 5.91 Å². The number of nitrogens with zero attached hydrogens (tertiary/aromatic N) is 3. The lowest BCUT2D eigenvalue weighted by Gasteiger charge is -2.47. The molecule has 47 heavy (non-hydrogen) atoms. The summed E-state index contributed by atoms with van der Waals surface area (Å²) in [7, 11) is 0.455. The van der Waals surface area contributed by atoms with Crippen LogP contribution in [-0.2, 0) is 31.0 Å². The lowest BCUT2D eigenvalue weighted by molar-refractivity contribution is -0.173. The summed E-state index contributed by atoms with van der Waals surface area (Å²) in [6.07, 6.45) is 6.39. The number of hydrogen-bond acceptors (Lipinski definition) is 7. The Bertz CT molecular complexity index is 1860. The molecular weight excluding hydrogens is 620 g/mol. The van der Waals surface area contributed by atoms with Crippen LogP contribution in [0.25, 0.3) is 22.2 Å². The SMILES string of the molecule is COc1ccc2c(c1)C1CC1(C(=O)N1C3COCC1COC3)Cn1c-2c(C2CCCCC2)c2ccc(C(=O)NS(=O)(=O)N(C)C)cc21. The van der Waals surface area contributed by atoms with E-state index < -0.39 is 21.5 Å². The smallest absolute Gasteiger partial charge is 0.303 e. The molecular formula is C35H42N4O7S. The quantitative estimate of drug-likeness (QED) is 0.424. The molecule has 2 saturated carbocycles. The molecule has 4 fully saturated rings. The van der Waals surface area contributed by atoms with Gasteiger partial charge in [-0.1, -0.05) is 25.3 Å². The van der Waals surface area contributed by atoms with E-state index in [-0.39, 0.29) is 29.5 Å². The average molecular weight is 663 g/mol. The molecule has 250 valence electrons. The van der Waals surface area contributed by atoms with Crippen molar-refractivity contribution < 1.29 is 32.2 Å². The molecule has 2 amide bonds. The van der Waals surface area contributed by atoms with E-state index in [0.29, 0.717) is 45.3 Å². The molecule has 2 atom stereocenters. The maximum absolute atomic E-state index is 14.9. The molecule has 2 unspecified atom stereocenters. The number of aromatic nitrogens is 1. The Labute approximate surface area is 275 Å². The van der Waals surface area contributed by atoms with Crippen molar-refractivity contribution in [3.63, 3.8) is 0 Å². The highest BCUT2D eigenvalue weighted by Crippen LogP contribution is 2.66. The summed E-state index contributed by atoms with van der Waals surface area (Å²) in [4.78, 5) is 30.3. The van der Waals surface area contributed by atoms with Crippen LogP contribution in [0.4, 0.5) is 0 Å². The predicted molar refractivity (Wildman–Crippen MR) is 176 cm³/mol. The van der Waals surface area contributed by atoms with E-state index in [9.17, 15) is 18.0 Å². The zero-order valence-electron chi connectivity index (χ0n) is 27.2. The summed E-state index contributed by atoms with van der Waals surface area (Å²) in [5, 5.41) is 1.05. The predicted octanol–water partition coefficient (Wildman–Crippen LogP) is 4.01. The molecule has 1 N–H and O–H groups in total. The Balaban J connectivity index is 1.33. The van der Waals surface area contributed by atoms with Gasteiger partial charge in [0.1, 0.15) is 5.75 Å². The van der Waals surface area contributed by atoms with E-state index in [0.717, 1.165) is 63.5 Å². The molecule has 2 bridgehead atoms. The molecule has 2 aliphatic carbocycles. The highest BCUT2D eigenvalue weighted by molar-refractivity contribution is 7.87. The number of ether oxygens (including phenoxy) is 3. The minimum atomic E-state index is -3.98. The van der Waals surface area contributed by atoms with Gasteiger partial charge in [0.2, 0.25) is 5.91 Å². The molecule has 4 heterocycles. The fraction of sp³-hybridized carbons (Fsp3) is 0.543. The summed E-state index contributed by atoms with van der Waals surface area (Å²) in [5.41, 5.74) is 5.02. The zero-order valence-corrected chi connectivity index (χ0v) is 28.0. The second kappa shape index (κ2) is 11.3. The molecule has 8 rings (SSSR count). The Morgan fingerprint density at radius 1 is 0.979 bits per heavy atom. The fourth-order valence-electron chi connectivity index (χ4n) is 8.67. The number of nitrogens with one attached hydrogen (secondary N) is 1. The lowest BCUT2D eigenvalue weighted by Crippen LogP contribution is -2.63. The number of carbonyl (C=O) groups is 2. The number of methoxy groups -OCH3 is 1. The van der Waals surface area contributed by atoms with Gasteiger partial charge in [-0.2, -0.15) is 12.7 Å². The Kier molecular flexibility index (Phi) is 7.43. The minimum Gasteiger partial charge on any atom is -0.497 e. The zero-order chi connectivity index (χ0) is 32.7. The summed E-state index contributed by atoms with van der Waals surface area (Å²) < 4.78 is 48.0. The van der Waals surface area contributed by atoms with Crippen molar-refractivity contribution in [1.82, 2.24) is 18.5 Å². The normalized spacial score (nSPS) is 27.1. The van der Waals surface area contributed by atoms with Gasteiger partial charge in [-0.25, -0.2) is 4.72 Å². The van der Waals surface area contributed by atoms with Crippen LogP contribution in [0.15, 0.2) is 36.4 Å². The van der Waals surface area contributed by atoms with Crippen molar-refractivity contribution in [1.29, 1.82) is 0 Å². The monoisotopic (exact) mass is 662 g/mol. The van der Waals surface area contributed by atoms with Gasteiger partial charge in [-0.3, -0.25) is 9.59 Å². The standard InChI is InChI=1S/C35H42N4O7S/c1-37(2)47(42,43)36-33(40)22-9-11-27-30(13-22)38-20-35(34(41)39-23-16-45-18-24(39)19-46-17-23)15-29(35)28-14-25(44-3)10-12-26(28)32(38)31(27)21-7-5-4-6-8-21/h9-14,21,23-24,29H,4-8,15-20H2,1-3H3,(H,36,40). The number of rotatable bonds is 6. The maximum atomic E-state index is 14.9. The first-order valence-corrected chi connectivity index (χ1v) is 18.1. The topological polar surface area (TPSA) is 119 Å². The highest BCUT2D eigenvalue weighted by Gasteiger charge is 2.65. The van der Waals surface area contributed by atoms with Gasteiger partial charge >= 0.3 is 10.2 Å². The second-order valence-corrected chi connectivity index (χ2v) is 16.0. The van der Waals surface area contributed by atoms with E-state index in [1.54, 1.807) is 13.2 Å². The Hall–Kier alpha value is -3.45. The number of amides is 2. The van der Waals surface area contributed by atoms with Crippen molar-refractivity contribution in [2.75, 3.05) is 47.6 Å². The summed E-state index contributed by atoms with van der Waals surface area (Å²) in [6, 6.07) is 11.5. The molecule has 0 radical (unpaired) electrons. The molecule has 0 spiro atoms. The molecule has 2 aromatic carbocycles. The molecule has 11 nitrogen and oxygen atoms in total. The molecule has 3 aromatic rings. The van der Waals surface area contributed by atoms with Crippen molar-refractivity contribution in [3.05, 3.63) is 53.1 Å². The number of fused-ring (bicyclic) bond motifs is 9. The maximum Gasteiger partial charge on any atom is 0.303 e. The van der Waals surface area contributed by atoms with Crippen LogP contribution >= 0.6 is 0 Å². The summed E-state index contributed by atoms with van der Waals surface area (Å²) in [6.45, 7) is 2.32. The van der Waals surface area contributed by atoms with Crippen molar-refractivity contribution in [2.45, 2.75) is 69.0 Å². The summed E-state index contributed by atoms with van der Waals surface area (Å²) in [5.74, 6) is 0.556. The van der Waals surface area contributed by atoms with Crippen LogP contribution in [0, 0.1) is 5.41 Å². The van der Waals surface area contributed by atoms with E-state index in [1.165, 1.54) is 26.1 Å². The van der Waals surface area contributed by atoms with Crippen LogP contribution in [0.5, 0.6) is 5.75 Å². The van der Waals surface area contributed by atoms with E-state index in [1.807, 2.05) is 18.2 Å². The number of morpholine rings is 2. The third-order valence-corrected chi connectivity index (χ3v) is 12.6. The van der Waals surface area contributed by atoms with Crippen molar-refractivity contribution >= 4 is 32.9 Å². The van der Waals surface area contributed by atoms with Gasteiger partial charge in [-0.15, -0.1) is 0 Å². The third-order valence-electron chi connectivity index (χ3n) is 11.2. The van der Waals surface area contributed by atoms with Crippen LogP contribution in [0.1, 0.15) is 71.8 Å². The first-order chi connectivity index (χ1) is 22.6. The molecule has 5 aliphatic rings. The van der Waals surface area contributed by atoms with Gasteiger partial charge in [0.15, 0.2) is 0 Å². The molecule has 12 heteroatoms. The largest absolute Gasteiger partial charge is 0.497 e. The van der Waals surface area contributed by atoms with Crippen molar-refractivity contribution in [2.24, 2.45) is 5.41 Å². The second-order valence-electron chi connectivity index (χ2n) is 14.1.